The van der Waals surface area contributed by atoms with Gasteiger partial charge in [0, 0.05) is 23.8 Å². The molecule has 1 aromatic heterocycles. The van der Waals surface area contributed by atoms with Crippen molar-refractivity contribution < 1.29 is 28.6 Å². The number of rotatable bonds is 7. The Balaban J connectivity index is 1.34. The molecule has 0 spiro atoms. The van der Waals surface area contributed by atoms with Crippen molar-refractivity contribution >= 4 is 29.0 Å². The summed E-state index contributed by atoms with van der Waals surface area (Å²) < 4.78 is 16.5. The van der Waals surface area contributed by atoms with Crippen LogP contribution in [0.5, 0.6) is 0 Å². The molecule has 0 saturated carbocycles. The normalized spacial score (nSPS) is 19.7. The summed E-state index contributed by atoms with van der Waals surface area (Å²) in [6, 6.07) is 17.2. The molecule has 2 heterocycles. The minimum atomic E-state index is -1.25. The highest BCUT2D eigenvalue weighted by Crippen LogP contribution is 2.32. The van der Waals surface area contributed by atoms with Crippen molar-refractivity contribution in [2.45, 2.75) is 31.8 Å². The minimum absolute atomic E-state index is 0.126. The number of aliphatic hydroxyl groups excluding tert-OH is 1. The van der Waals surface area contributed by atoms with Crippen LogP contribution in [0.4, 0.5) is 0 Å². The summed E-state index contributed by atoms with van der Waals surface area (Å²) in [6.07, 6.45) is 2.43. The third-order valence-corrected chi connectivity index (χ3v) is 5.31. The zero-order valence-electron chi connectivity index (χ0n) is 17.3. The summed E-state index contributed by atoms with van der Waals surface area (Å²) in [5.41, 5.74) is 1.98. The zero-order chi connectivity index (χ0) is 21.8. The lowest BCUT2D eigenvalue weighted by atomic mass is 9.98. The lowest BCUT2D eigenvalue weighted by Crippen LogP contribution is -2.39. The third-order valence-electron chi connectivity index (χ3n) is 5.31. The van der Waals surface area contributed by atoms with E-state index in [1.54, 1.807) is 6.08 Å². The number of aryl methyl sites for hydroxylation is 2. The van der Waals surface area contributed by atoms with E-state index in [1.807, 2.05) is 61.5 Å². The Hall–Kier alpha value is -3.38. The number of fused-ring (bicyclic) bond motifs is 1. The van der Waals surface area contributed by atoms with Gasteiger partial charge in [0.15, 0.2) is 5.60 Å². The standard InChI is InChI=1S/C25H24O6/c1-17-7-9-22-19(11-17)13-21(30-22)8-10-23(27)29-16-25(15-26)14-20(24(28)31-25)12-18-5-3-2-4-6-18/h2-7,9,11-13,26H,8,10,14-16H2,1H3/b20-12+/t25-/m1/s1. The van der Waals surface area contributed by atoms with E-state index in [0.717, 1.165) is 22.1 Å². The molecule has 31 heavy (non-hydrogen) atoms. The average molecular weight is 420 g/mol. The highest BCUT2D eigenvalue weighted by molar-refractivity contribution is 5.96. The molecule has 4 rings (SSSR count). The molecular formula is C25H24O6. The molecular weight excluding hydrogens is 396 g/mol. The van der Waals surface area contributed by atoms with Gasteiger partial charge in [-0.15, -0.1) is 0 Å². The Bertz CT molecular complexity index is 1130. The van der Waals surface area contributed by atoms with Crippen LogP contribution >= 0.6 is 0 Å². The summed E-state index contributed by atoms with van der Waals surface area (Å²) in [5, 5.41) is 10.8. The number of hydrogen-bond donors (Lipinski definition) is 1. The maximum atomic E-state index is 12.3. The number of furan rings is 1. The van der Waals surface area contributed by atoms with Crippen molar-refractivity contribution in [3.05, 3.63) is 77.1 Å². The van der Waals surface area contributed by atoms with Crippen LogP contribution in [0.2, 0.25) is 0 Å². The topological polar surface area (TPSA) is 86.0 Å². The quantitative estimate of drug-likeness (QED) is 0.460. The van der Waals surface area contributed by atoms with E-state index >= 15 is 0 Å². The lowest BCUT2D eigenvalue weighted by Gasteiger charge is -2.24. The van der Waals surface area contributed by atoms with E-state index in [9.17, 15) is 14.7 Å². The molecule has 0 amide bonds. The van der Waals surface area contributed by atoms with Gasteiger partial charge in [-0.25, -0.2) is 4.79 Å². The van der Waals surface area contributed by atoms with Crippen molar-refractivity contribution in [3.8, 4) is 0 Å². The van der Waals surface area contributed by atoms with Gasteiger partial charge in [0.1, 0.15) is 18.0 Å². The summed E-state index contributed by atoms with van der Waals surface area (Å²) in [5.74, 6) is -0.248. The molecule has 1 saturated heterocycles. The van der Waals surface area contributed by atoms with Gasteiger partial charge < -0.3 is 19.0 Å². The van der Waals surface area contributed by atoms with Crippen LogP contribution in [-0.2, 0) is 25.5 Å². The predicted molar refractivity (Wildman–Crippen MR) is 115 cm³/mol. The Morgan fingerprint density at radius 1 is 1.19 bits per heavy atom. The molecule has 0 aliphatic carbocycles. The molecule has 0 bridgehead atoms. The van der Waals surface area contributed by atoms with Crippen LogP contribution < -0.4 is 0 Å². The van der Waals surface area contributed by atoms with Gasteiger partial charge in [-0.05, 0) is 36.8 Å². The van der Waals surface area contributed by atoms with Gasteiger partial charge in [-0.2, -0.15) is 0 Å². The monoisotopic (exact) mass is 420 g/mol. The molecule has 6 nitrogen and oxygen atoms in total. The van der Waals surface area contributed by atoms with Gasteiger partial charge in [0.2, 0.25) is 0 Å². The second kappa shape index (κ2) is 8.78. The number of hydrogen-bond acceptors (Lipinski definition) is 6. The fraction of sp³-hybridized carbons (Fsp3) is 0.280. The number of aliphatic hydroxyl groups is 1. The summed E-state index contributed by atoms with van der Waals surface area (Å²) in [7, 11) is 0. The highest BCUT2D eigenvalue weighted by atomic mass is 16.6. The van der Waals surface area contributed by atoms with Crippen LogP contribution in [0.1, 0.15) is 29.7 Å². The molecule has 160 valence electrons. The van der Waals surface area contributed by atoms with Gasteiger partial charge >= 0.3 is 11.9 Å². The van der Waals surface area contributed by atoms with E-state index in [1.165, 1.54) is 0 Å². The molecule has 1 fully saturated rings. The van der Waals surface area contributed by atoms with Crippen molar-refractivity contribution in [2.24, 2.45) is 0 Å². The first-order valence-electron chi connectivity index (χ1n) is 10.2. The molecule has 3 aromatic rings. The van der Waals surface area contributed by atoms with Crippen LogP contribution in [0.3, 0.4) is 0 Å². The highest BCUT2D eigenvalue weighted by Gasteiger charge is 2.44. The number of cyclic esters (lactones) is 1. The van der Waals surface area contributed by atoms with E-state index < -0.39 is 24.1 Å². The number of carbonyl (C=O) groups excluding carboxylic acids is 2. The van der Waals surface area contributed by atoms with Crippen LogP contribution in [0, 0.1) is 6.92 Å². The van der Waals surface area contributed by atoms with E-state index in [2.05, 4.69) is 0 Å². The molecule has 6 heteroatoms. The first-order chi connectivity index (χ1) is 15.0. The molecule has 1 aliphatic rings. The second-order valence-electron chi connectivity index (χ2n) is 7.90. The van der Waals surface area contributed by atoms with Crippen molar-refractivity contribution in [2.75, 3.05) is 13.2 Å². The number of benzene rings is 2. The first-order valence-corrected chi connectivity index (χ1v) is 10.2. The average Bonchev–Trinajstić information content (AvgIpc) is 3.32. The summed E-state index contributed by atoms with van der Waals surface area (Å²) in [6.45, 7) is 1.39. The van der Waals surface area contributed by atoms with Crippen molar-refractivity contribution in [3.63, 3.8) is 0 Å². The Labute approximate surface area is 180 Å². The Kier molecular flexibility index (Phi) is 5.91. The summed E-state index contributed by atoms with van der Waals surface area (Å²) >= 11 is 0. The van der Waals surface area contributed by atoms with Gasteiger partial charge in [-0.3, -0.25) is 4.79 Å². The van der Waals surface area contributed by atoms with E-state index in [-0.39, 0.29) is 19.4 Å². The van der Waals surface area contributed by atoms with E-state index in [0.29, 0.717) is 17.8 Å². The van der Waals surface area contributed by atoms with Crippen LogP contribution in [0.15, 0.2) is 64.6 Å². The lowest BCUT2D eigenvalue weighted by molar-refractivity contribution is -0.166. The second-order valence-corrected chi connectivity index (χ2v) is 7.90. The molecule has 1 aliphatic heterocycles. The smallest absolute Gasteiger partial charge is 0.334 e. The number of ether oxygens (including phenoxy) is 2. The largest absolute Gasteiger partial charge is 0.461 e. The van der Waals surface area contributed by atoms with Gasteiger partial charge in [-0.1, -0.05) is 42.0 Å². The first kappa shape index (κ1) is 20.9. The maximum Gasteiger partial charge on any atom is 0.334 e. The fourth-order valence-electron chi connectivity index (χ4n) is 3.64. The fourth-order valence-corrected chi connectivity index (χ4v) is 3.64. The van der Waals surface area contributed by atoms with E-state index in [4.69, 9.17) is 13.9 Å². The number of carbonyl (C=O) groups is 2. The van der Waals surface area contributed by atoms with Crippen molar-refractivity contribution in [1.82, 2.24) is 0 Å². The molecule has 2 aromatic carbocycles. The molecule has 1 N–H and O–H groups in total. The zero-order valence-corrected chi connectivity index (χ0v) is 17.3. The van der Waals surface area contributed by atoms with Crippen LogP contribution in [0.25, 0.3) is 17.0 Å². The molecule has 0 radical (unpaired) electrons. The third kappa shape index (κ3) is 4.86. The molecule has 0 unspecified atom stereocenters. The summed E-state index contributed by atoms with van der Waals surface area (Å²) in [4.78, 5) is 24.5. The van der Waals surface area contributed by atoms with Crippen molar-refractivity contribution in [1.29, 1.82) is 0 Å². The Morgan fingerprint density at radius 2 is 2.00 bits per heavy atom. The van der Waals surface area contributed by atoms with Gasteiger partial charge in [0.05, 0.1) is 13.0 Å². The predicted octanol–water partition coefficient (Wildman–Crippen LogP) is 3.98. The van der Waals surface area contributed by atoms with Crippen LogP contribution in [-0.4, -0.2) is 35.9 Å². The number of esters is 2. The van der Waals surface area contributed by atoms with Gasteiger partial charge in [0.25, 0.3) is 0 Å². The Morgan fingerprint density at radius 3 is 2.77 bits per heavy atom. The minimum Gasteiger partial charge on any atom is -0.461 e. The SMILES string of the molecule is Cc1ccc2oc(CCC(=O)OC[C@]3(CO)C/C(=C\c4ccccc4)C(=O)O3)cc2c1. The maximum absolute atomic E-state index is 12.3. The molecule has 1 atom stereocenters.